The van der Waals surface area contributed by atoms with Gasteiger partial charge in [0.1, 0.15) is 0 Å². The summed E-state index contributed by atoms with van der Waals surface area (Å²) in [5.74, 6) is 0. The van der Waals surface area contributed by atoms with Crippen molar-refractivity contribution >= 4 is 10.0 Å². The van der Waals surface area contributed by atoms with Crippen LogP contribution in [0.2, 0.25) is 0 Å². The fourth-order valence-electron chi connectivity index (χ4n) is 1.58. The molecule has 0 saturated carbocycles. The van der Waals surface area contributed by atoms with E-state index >= 15 is 0 Å². The van der Waals surface area contributed by atoms with Crippen molar-refractivity contribution in [1.82, 2.24) is 4.31 Å². The lowest BCUT2D eigenvalue weighted by Gasteiger charge is -2.24. The smallest absolute Gasteiger partial charge is 0.207 e. The van der Waals surface area contributed by atoms with E-state index in [2.05, 4.69) is 0 Å². The van der Waals surface area contributed by atoms with Crippen LogP contribution in [0.4, 0.5) is 13.2 Å². The molecule has 0 aliphatic rings. The van der Waals surface area contributed by atoms with Crippen LogP contribution in [0, 0.1) is 11.3 Å². The number of nitrogens with zero attached hydrogens (tertiary/aromatic N) is 2. The first-order valence-corrected chi connectivity index (χ1v) is 7.07. The highest BCUT2D eigenvalue weighted by Crippen LogP contribution is 2.35. The number of benzene rings is 1. The largest absolute Gasteiger partial charge is 0.417 e. The summed E-state index contributed by atoms with van der Waals surface area (Å²) in [6, 6.07) is 5.05. The number of nitriles is 1. The Morgan fingerprint density at radius 1 is 1.35 bits per heavy atom. The van der Waals surface area contributed by atoms with Crippen LogP contribution in [0.15, 0.2) is 29.2 Å². The highest BCUT2D eigenvalue weighted by molar-refractivity contribution is 7.89. The predicted octanol–water partition coefficient (Wildman–Crippen LogP) is 2.63. The van der Waals surface area contributed by atoms with Gasteiger partial charge in [0.05, 0.1) is 22.9 Å². The molecule has 1 unspecified atom stereocenters. The van der Waals surface area contributed by atoms with Gasteiger partial charge >= 0.3 is 6.18 Å². The zero-order chi connectivity index (χ0) is 15.6. The number of sulfonamides is 1. The van der Waals surface area contributed by atoms with Gasteiger partial charge in [0, 0.05) is 13.1 Å². The van der Waals surface area contributed by atoms with Gasteiger partial charge in [-0.2, -0.15) is 22.7 Å². The first kappa shape index (κ1) is 16.5. The summed E-state index contributed by atoms with van der Waals surface area (Å²) in [6.45, 7) is 1.46. The maximum atomic E-state index is 12.9. The van der Waals surface area contributed by atoms with Gasteiger partial charge in [0.15, 0.2) is 0 Å². The molecular formula is C12H13F3N2O2S. The number of rotatable bonds is 4. The van der Waals surface area contributed by atoms with E-state index in [1.165, 1.54) is 13.0 Å². The molecule has 0 aliphatic carbocycles. The number of hydrogen-bond donors (Lipinski definition) is 0. The van der Waals surface area contributed by atoms with E-state index < -0.39 is 32.7 Å². The highest BCUT2D eigenvalue weighted by Gasteiger charge is 2.38. The lowest BCUT2D eigenvalue weighted by molar-refractivity contribution is -0.139. The molecule has 0 saturated heterocycles. The zero-order valence-corrected chi connectivity index (χ0v) is 11.7. The van der Waals surface area contributed by atoms with Gasteiger partial charge in [-0.15, -0.1) is 0 Å². The highest BCUT2D eigenvalue weighted by atomic mass is 32.2. The second-order valence-electron chi connectivity index (χ2n) is 4.23. The van der Waals surface area contributed by atoms with Crippen LogP contribution >= 0.6 is 0 Å². The number of alkyl halides is 3. The molecule has 110 valence electrons. The Labute approximate surface area is 115 Å². The van der Waals surface area contributed by atoms with Crippen molar-refractivity contribution in [1.29, 1.82) is 5.26 Å². The van der Waals surface area contributed by atoms with Crippen LogP contribution in [0.25, 0.3) is 0 Å². The first-order chi connectivity index (χ1) is 9.12. The summed E-state index contributed by atoms with van der Waals surface area (Å²) in [5.41, 5.74) is -1.21. The van der Waals surface area contributed by atoms with Gasteiger partial charge in [-0.25, -0.2) is 8.42 Å². The predicted molar refractivity (Wildman–Crippen MR) is 66.1 cm³/mol. The SMILES string of the molecule is CC(CC#N)N(C)S(=O)(=O)c1ccccc1C(F)(F)F. The number of halogens is 3. The van der Waals surface area contributed by atoms with Crippen molar-refractivity contribution in [3.63, 3.8) is 0 Å². The van der Waals surface area contributed by atoms with Gasteiger partial charge in [-0.1, -0.05) is 12.1 Å². The van der Waals surface area contributed by atoms with Crippen molar-refractivity contribution in [2.75, 3.05) is 7.05 Å². The molecule has 1 aromatic rings. The van der Waals surface area contributed by atoms with Gasteiger partial charge in [-0.3, -0.25) is 0 Å². The lowest BCUT2D eigenvalue weighted by Crippen LogP contribution is -2.35. The van der Waals surface area contributed by atoms with E-state index in [-0.39, 0.29) is 6.42 Å². The molecule has 20 heavy (non-hydrogen) atoms. The molecule has 0 radical (unpaired) electrons. The van der Waals surface area contributed by atoms with Gasteiger partial charge in [-0.05, 0) is 19.1 Å². The summed E-state index contributed by atoms with van der Waals surface area (Å²) in [5, 5.41) is 8.55. The lowest BCUT2D eigenvalue weighted by atomic mass is 10.2. The summed E-state index contributed by atoms with van der Waals surface area (Å²) in [4.78, 5) is -0.806. The molecular weight excluding hydrogens is 293 g/mol. The van der Waals surface area contributed by atoms with Crippen LogP contribution in [-0.4, -0.2) is 25.8 Å². The van der Waals surface area contributed by atoms with E-state index in [1.54, 1.807) is 6.07 Å². The fourth-order valence-corrected chi connectivity index (χ4v) is 3.15. The fraction of sp³-hybridized carbons (Fsp3) is 0.417. The van der Waals surface area contributed by atoms with Gasteiger partial charge in [0.2, 0.25) is 10.0 Å². The molecule has 0 N–H and O–H groups in total. The summed E-state index contributed by atoms with van der Waals surface area (Å²) in [6.07, 6.45) is -4.87. The molecule has 0 aromatic heterocycles. The third-order valence-corrected chi connectivity index (χ3v) is 4.89. The molecule has 0 amide bonds. The molecule has 1 rings (SSSR count). The van der Waals surface area contributed by atoms with Crippen LogP contribution in [0.3, 0.4) is 0 Å². The minimum absolute atomic E-state index is 0.107. The minimum Gasteiger partial charge on any atom is -0.207 e. The number of hydrogen-bond acceptors (Lipinski definition) is 3. The molecule has 1 aromatic carbocycles. The monoisotopic (exact) mass is 306 g/mol. The average molecular weight is 306 g/mol. The van der Waals surface area contributed by atoms with Crippen LogP contribution < -0.4 is 0 Å². The molecule has 0 heterocycles. The van der Waals surface area contributed by atoms with E-state index in [9.17, 15) is 21.6 Å². The van der Waals surface area contributed by atoms with Crippen molar-refractivity contribution in [3.05, 3.63) is 29.8 Å². The maximum absolute atomic E-state index is 12.9. The van der Waals surface area contributed by atoms with E-state index in [0.29, 0.717) is 0 Å². The first-order valence-electron chi connectivity index (χ1n) is 5.63. The maximum Gasteiger partial charge on any atom is 0.417 e. The zero-order valence-electron chi connectivity index (χ0n) is 10.8. The molecule has 4 nitrogen and oxygen atoms in total. The Morgan fingerprint density at radius 2 is 1.90 bits per heavy atom. The van der Waals surface area contributed by atoms with Gasteiger partial charge in [0.25, 0.3) is 0 Å². The third kappa shape index (κ3) is 3.29. The second kappa shape index (κ2) is 5.81. The third-order valence-electron chi connectivity index (χ3n) is 2.86. The molecule has 0 aliphatic heterocycles. The van der Waals surface area contributed by atoms with Crippen LogP contribution in [0.1, 0.15) is 18.9 Å². The standard InChI is InChI=1S/C12H13F3N2O2S/c1-9(7-8-16)17(2)20(18,19)11-6-4-3-5-10(11)12(13,14)15/h3-6,9H,7H2,1-2H3. The van der Waals surface area contributed by atoms with Crippen molar-refractivity contribution in [3.8, 4) is 6.07 Å². The van der Waals surface area contributed by atoms with Crippen molar-refractivity contribution < 1.29 is 21.6 Å². The quantitative estimate of drug-likeness (QED) is 0.859. The minimum atomic E-state index is -4.76. The Hall–Kier alpha value is -1.59. The normalized spacial score (nSPS) is 14.1. The van der Waals surface area contributed by atoms with E-state index in [0.717, 1.165) is 29.6 Å². The molecule has 0 bridgehead atoms. The van der Waals surface area contributed by atoms with Crippen LogP contribution in [-0.2, 0) is 16.2 Å². The average Bonchev–Trinajstić information content (AvgIpc) is 2.37. The Kier molecular flexibility index (Phi) is 4.78. The van der Waals surface area contributed by atoms with Gasteiger partial charge < -0.3 is 0 Å². The van der Waals surface area contributed by atoms with E-state index in [4.69, 9.17) is 5.26 Å². The Balaban J connectivity index is 3.34. The van der Waals surface area contributed by atoms with Crippen molar-refractivity contribution in [2.24, 2.45) is 0 Å². The molecule has 8 heteroatoms. The Morgan fingerprint density at radius 3 is 2.40 bits per heavy atom. The molecule has 0 fully saturated rings. The van der Waals surface area contributed by atoms with Crippen molar-refractivity contribution in [2.45, 2.75) is 30.5 Å². The Bertz CT molecular complexity index is 620. The summed E-state index contributed by atoms with van der Waals surface area (Å²) in [7, 11) is -3.15. The van der Waals surface area contributed by atoms with Crippen LogP contribution in [0.5, 0.6) is 0 Å². The summed E-state index contributed by atoms with van der Waals surface area (Å²) < 4.78 is 63.8. The summed E-state index contributed by atoms with van der Waals surface area (Å²) >= 11 is 0. The molecule has 1 atom stereocenters. The topological polar surface area (TPSA) is 61.2 Å². The second-order valence-corrected chi connectivity index (χ2v) is 6.19. The van der Waals surface area contributed by atoms with E-state index in [1.807, 2.05) is 0 Å². The molecule has 0 spiro atoms.